The fourth-order valence-electron chi connectivity index (χ4n) is 3.05. The van der Waals surface area contributed by atoms with Crippen LogP contribution < -0.4 is 9.47 Å². The molecule has 4 nitrogen and oxygen atoms in total. The molecule has 1 N–H and O–H groups in total. The maximum Gasteiger partial charge on any atom is 0.307 e. The summed E-state index contributed by atoms with van der Waals surface area (Å²) in [6.07, 6.45) is 0.847. The van der Waals surface area contributed by atoms with E-state index >= 15 is 0 Å². The molecule has 0 aromatic heterocycles. The number of carboxylic acid groups (broad SMARTS) is 1. The Bertz CT molecular complexity index is 712. The van der Waals surface area contributed by atoms with Crippen LogP contribution >= 0.6 is 0 Å². The molecule has 0 bridgehead atoms. The van der Waals surface area contributed by atoms with E-state index in [-0.39, 0.29) is 0 Å². The Labute approximate surface area is 147 Å². The summed E-state index contributed by atoms with van der Waals surface area (Å²) in [6.45, 7) is 1.81. The van der Waals surface area contributed by atoms with Crippen molar-refractivity contribution in [1.29, 1.82) is 0 Å². The van der Waals surface area contributed by atoms with E-state index in [1.165, 1.54) is 13.2 Å². The minimum absolute atomic E-state index is 0.394. The fraction of sp³-hybridized carbons (Fsp3) is 0.350. The van der Waals surface area contributed by atoms with Crippen molar-refractivity contribution in [2.45, 2.75) is 25.7 Å². The second-order valence-electron chi connectivity index (χ2n) is 5.90. The van der Waals surface area contributed by atoms with Gasteiger partial charge in [-0.25, -0.2) is 4.39 Å². The van der Waals surface area contributed by atoms with Gasteiger partial charge in [0.25, 0.3) is 0 Å². The molecule has 0 spiro atoms. The van der Waals surface area contributed by atoms with Gasteiger partial charge in [0.15, 0.2) is 0 Å². The van der Waals surface area contributed by atoms with Gasteiger partial charge in [0.1, 0.15) is 17.3 Å². The summed E-state index contributed by atoms with van der Waals surface area (Å²) in [4.78, 5) is 11.7. The Morgan fingerprint density at radius 2 is 1.68 bits per heavy atom. The molecule has 2 aromatic rings. The van der Waals surface area contributed by atoms with Crippen LogP contribution in [0.2, 0.25) is 0 Å². The molecule has 134 valence electrons. The van der Waals surface area contributed by atoms with Gasteiger partial charge < -0.3 is 14.6 Å². The zero-order valence-corrected chi connectivity index (χ0v) is 14.7. The zero-order valence-electron chi connectivity index (χ0n) is 14.7. The SMILES string of the molecule is CCC(C(=O)O)C(Cc1ccc(OC)cc1)c1ccc(OC)cc1F. The summed E-state index contributed by atoms with van der Waals surface area (Å²) in [6, 6.07) is 12.0. The maximum absolute atomic E-state index is 14.6. The highest BCUT2D eigenvalue weighted by molar-refractivity contribution is 5.71. The van der Waals surface area contributed by atoms with E-state index in [4.69, 9.17) is 9.47 Å². The Morgan fingerprint density at radius 3 is 2.16 bits per heavy atom. The molecule has 0 heterocycles. The van der Waals surface area contributed by atoms with Gasteiger partial charge in [0, 0.05) is 12.0 Å². The molecular formula is C20H23FO4. The van der Waals surface area contributed by atoms with Crippen molar-refractivity contribution < 1.29 is 23.8 Å². The smallest absolute Gasteiger partial charge is 0.307 e. The molecule has 25 heavy (non-hydrogen) atoms. The summed E-state index contributed by atoms with van der Waals surface area (Å²) in [7, 11) is 3.05. The lowest BCUT2D eigenvalue weighted by Gasteiger charge is -2.24. The predicted octanol–water partition coefficient (Wildman–Crippen LogP) is 4.28. The van der Waals surface area contributed by atoms with Gasteiger partial charge in [-0.3, -0.25) is 4.79 Å². The molecule has 5 heteroatoms. The first kappa shape index (κ1) is 18.8. The fourth-order valence-corrected chi connectivity index (χ4v) is 3.05. The lowest BCUT2D eigenvalue weighted by molar-refractivity contribution is -0.142. The molecule has 0 aliphatic heterocycles. The Hall–Kier alpha value is -2.56. The first-order chi connectivity index (χ1) is 12.0. The lowest BCUT2D eigenvalue weighted by atomic mass is 9.80. The monoisotopic (exact) mass is 346 g/mol. The van der Waals surface area contributed by atoms with Crippen LogP contribution in [-0.4, -0.2) is 25.3 Å². The summed E-state index contributed by atoms with van der Waals surface area (Å²) in [5, 5.41) is 9.59. The number of aliphatic carboxylic acids is 1. The van der Waals surface area contributed by atoms with Crippen molar-refractivity contribution >= 4 is 5.97 Å². The van der Waals surface area contributed by atoms with Gasteiger partial charge in [-0.05, 0) is 42.2 Å². The maximum atomic E-state index is 14.6. The van der Waals surface area contributed by atoms with Crippen molar-refractivity contribution in [3.63, 3.8) is 0 Å². The Balaban J connectivity index is 2.40. The number of benzene rings is 2. The summed E-state index contributed by atoms with van der Waals surface area (Å²) >= 11 is 0. The Kier molecular flexibility index (Phi) is 6.39. The summed E-state index contributed by atoms with van der Waals surface area (Å²) in [5.74, 6) is -1.38. The summed E-state index contributed by atoms with van der Waals surface area (Å²) < 4.78 is 24.8. The van der Waals surface area contributed by atoms with Crippen LogP contribution in [0.5, 0.6) is 11.5 Å². The van der Waals surface area contributed by atoms with E-state index in [0.717, 1.165) is 11.3 Å². The van der Waals surface area contributed by atoms with E-state index < -0.39 is 23.6 Å². The van der Waals surface area contributed by atoms with Gasteiger partial charge in [-0.1, -0.05) is 25.1 Å². The average molecular weight is 346 g/mol. The number of hydrogen-bond donors (Lipinski definition) is 1. The number of hydrogen-bond acceptors (Lipinski definition) is 3. The molecule has 0 amide bonds. The Morgan fingerprint density at radius 1 is 1.08 bits per heavy atom. The van der Waals surface area contributed by atoms with Gasteiger partial charge >= 0.3 is 5.97 Å². The molecule has 2 aromatic carbocycles. The highest BCUT2D eigenvalue weighted by Crippen LogP contribution is 2.34. The molecule has 0 fully saturated rings. The number of halogens is 1. The van der Waals surface area contributed by atoms with Gasteiger partial charge in [0.05, 0.1) is 20.1 Å². The normalized spacial score (nSPS) is 13.1. The van der Waals surface area contributed by atoms with Crippen LogP contribution in [0.4, 0.5) is 4.39 Å². The van der Waals surface area contributed by atoms with Crippen LogP contribution in [0, 0.1) is 11.7 Å². The van der Waals surface area contributed by atoms with Crippen molar-refractivity contribution in [2.75, 3.05) is 14.2 Å². The minimum atomic E-state index is -0.920. The number of rotatable bonds is 8. The highest BCUT2D eigenvalue weighted by atomic mass is 19.1. The molecule has 0 saturated heterocycles. The second-order valence-corrected chi connectivity index (χ2v) is 5.90. The molecule has 0 aliphatic carbocycles. The first-order valence-corrected chi connectivity index (χ1v) is 8.19. The molecule has 2 atom stereocenters. The molecule has 2 rings (SSSR count). The van der Waals surface area contributed by atoms with Crippen LogP contribution in [0.15, 0.2) is 42.5 Å². The number of ether oxygens (including phenoxy) is 2. The molecule has 0 aliphatic rings. The molecular weight excluding hydrogens is 323 g/mol. The minimum Gasteiger partial charge on any atom is -0.497 e. The van der Waals surface area contributed by atoms with Gasteiger partial charge in [0.2, 0.25) is 0 Å². The van der Waals surface area contributed by atoms with Gasteiger partial charge in [-0.2, -0.15) is 0 Å². The van der Waals surface area contributed by atoms with E-state index in [1.54, 1.807) is 26.2 Å². The highest BCUT2D eigenvalue weighted by Gasteiger charge is 2.30. The zero-order chi connectivity index (χ0) is 18.4. The second kappa shape index (κ2) is 8.51. The van der Waals surface area contributed by atoms with E-state index in [1.807, 2.05) is 24.3 Å². The van der Waals surface area contributed by atoms with Crippen molar-refractivity contribution in [2.24, 2.45) is 5.92 Å². The van der Waals surface area contributed by atoms with Crippen LogP contribution in [0.3, 0.4) is 0 Å². The van der Waals surface area contributed by atoms with Crippen molar-refractivity contribution in [3.05, 3.63) is 59.4 Å². The summed E-state index contributed by atoms with van der Waals surface area (Å²) in [5.41, 5.74) is 1.33. The first-order valence-electron chi connectivity index (χ1n) is 8.19. The number of methoxy groups -OCH3 is 2. The third-order valence-electron chi connectivity index (χ3n) is 4.46. The molecule has 0 radical (unpaired) electrons. The number of carboxylic acids is 1. The van der Waals surface area contributed by atoms with Crippen molar-refractivity contribution in [3.8, 4) is 11.5 Å². The third kappa shape index (κ3) is 4.50. The van der Waals surface area contributed by atoms with Gasteiger partial charge in [-0.15, -0.1) is 0 Å². The van der Waals surface area contributed by atoms with E-state index in [2.05, 4.69) is 0 Å². The molecule has 2 unspecified atom stereocenters. The quantitative estimate of drug-likeness (QED) is 0.775. The molecule has 0 saturated carbocycles. The standard InChI is InChI=1S/C20H23FO4/c1-4-16(20(22)23)18(11-13-5-7-14(24-2)8-6-13)17-10-9-15(25-3)12-19(17)21/h5-10,12,16,18H,4,11H2,1-3H3,(H,22,23). The topological polar surface area (TPSA) is 55.8 Å². The lowest BCUT2D eigenvalue weighted by Crippen LogP contribution is -2.24. The van der Waals surface area contributed by atoms with Crippen molar-refractivity contribution in [1.82, 2.24) is 0 Å². The van der Waals surface area contributed by atoms with Crippen LogP contribution in [0.25, 0.3) is 0 Å². The third-order valence-corrected chi connectivity index (χ3v) is 4.46. The van der Waals surface area contributed by atoms with Crippen LogP contribution in [-0.2, 0) is 11.2 Å². The average Bonchev–Trinajstić information content (AvgIpc) is 2.61. The number of carbonyl (C=O) groups is 1. The predicted molar refractivity (Wildman–Crippen MR) is 93.8 cm³/mol. The van der Waals surface area contributed by atoms with E-state index in [9.17, 15) is 14.3 Å². The van der Waals surface area contributed by atoms with Crippen LogP contribution in [0.1, 0.15) is 30.4 Å². The van der Waals surface area contributed by atoms with E-state index in [0.29, 0.717) is 24.2 Å². The largest absolute Gasteiger partial charge is 0.497 e.